The Morgan fingerprint density at radius 3 is 2.62 bits per heavy atom. The molecule has 0 fully saturated rings. The predicted octanol–water partition coefficient (Wildman–Crippen LogP) is 4.38. The summed E-state index contributed by atoms with van der Waals surface area (Å²) in [5, 5.41) is 0. The number of rotatable bonds is 7. The van der Waals surface area contributed by atoms with E-state index in [2.05, 4.69) is 38.1 Å². The molecule has 0 saturated heterocycles. The van der Waals surface area contributed by atoms with E-state index in [1.165, 1.54) is 35.5 Å². The molecule has 0 aliphatic carbocycles. The lowest BCUT2D eigenvalue weighted by atomic mass is 10.1. The van der Waals surface area contributed by atoms with Crippen molar-refractivity contribution in [3.63, 3.8) is 0 Å². The van der Waals surface area contributed by atoms with E-state index in [1.54, 1.807) is 0 Å². The summed E-state index contributed by atoms with van der Waals surface area (Å²) in [7, 11) is 0. The first-order valence-corrected chi connectivity index (χ1v) is 7.25. The second kappa shape index (κ2) is 7.75. The molecule has 0 spiro atoms. The van der Waals surface area contributed by atoms with Crippen molar-refractivity contribution in [1.82, 2.24) is 0 Å². The summed E-state index contributed by atoms with van der Waals surface area (Å²) in [6.07, 6.45) is 4.93. The molecule has 2 N–H and O–H groups in total. The molecule has 1 aromatic carbocycles. The summed E-state index contributed by atoms with van der Waals surface area (Å²) in [6, 6.07) is 8.74. The van der Waals surface area contributed by atoms with Crippen LogP contribution < -0.4 is 5.73 Å². The Labute approximate surface area is 104 Å². The van der Waals surface area contributed by atoms with Gasteiger partial charge >= 0.3 is 0 Å². The second-order valence-electron chi connectivity index (χ2n) is 4.11. The van der Waals surface area contributed by atoms with Gasteiger partial charge in [0.05, 0.1) is 0 Å². The van der Waals surface area contributed by atoms with Gasteiger partial charge < -0.3 is 5.73 Å². The number of thioether (sulfide) groups is 1. The van der Waals surface area contributed by atoms with Gasteiger partial charge in [0.1, 0.15) is 0 Å². The van der Waals surface area contributed by atoms with Crippen molar-refractivity contribution in [2.75, 3.05) is 5.75 Å². The van der Waals surface area contributed by atoms with Gasteiger partial charge in [-0.3, -0.25) is 0 Å². The molecule has 0 amide bonds. The van der Waals surface area contributed by atoms with Crippen LogP contribution >= 0.6 is 11.8 Å². The van der Waals surface area contributed by atoms with E-state index in [1.807, 2.05) is 11.8 Å². The fourth-order valence-electron chi connectivity index (χ4n) is 1.67. The summed E-state index contributed by atoms with van der Waals surface area (Å²) in [6.45, 7) is 4.38. The molecule has 0 aliphatic rings. The highest BCUT2D eigenvalue weighted by molar-refractivity contribution is 7.99. The standard InChI is InChI=1S/C14H23NS/c1-3-5-8-11-16-14-10-7-6-9-12(14)13(15)4-2/h6-7,9-10,13H,3-5,8,11,15H2,1-2H3. The first-order chi connectivity index (χ1) is 7.79. The molecule has 0 saturated carbocycles. The van der Waals surface area contributed by atoms with Crippen molar-refractivity contribution in [2.45, 2.75) is 50.5 Å². The topological polar surface area (TPSA) is 26.0 Å². The minimum atomic E-state index is 0.190. The maximum Gasteiger partial charge on any atom is 0.0303 e. The van der Waals surface area contributed by atoms with E-state index in [4.69, 9.17) is 5.73 Å². The molecular formula is C14H23NS. The zero-order valence-electron chi connectivity index (χ0n) is 10.4. The lowest BCUT2D eigenvalue weighted by molar-refractivity contribution is 0.685. The van der Waals surface area contributed by atoms with Crippen LogP contribution in [0.25, 0.3) is 0 Å². The minimum Gasteiger partial charge on any atom is -0.324 e. The highest BCUT2D eigenvalue weighted by atomic mass is 32.2. The monoisotopic (exact) mass is 237 g/mol. The zero-order valence-corrected chi connectivity index (χ0v) is 11.2. The second-order valence-corrected chi connectivity index (χ2v) is 5.24. The molecule has 0 aliphatic heterocycles. The Balaban J connectivity index is 2.57. The fourth-order valence-corrected chi connectivity index (χ4v) is 2.80. The van der Waals surface area contributed by atoms with Crippen LogP contribution in [0.4, 0.5) is 0 Å². The summed E-state index contributed by atoms with van der Waals surface area (Å²) in [5.74, 6) is 1.21. The van der Waals surface area contributed by atoms with Crippen molar-refractivity contribution in [3.8, 4) is 0 Å². The Bertz CT molecular complexity index is 299. The van der Waals surface area contributed by atoms with E-state index in [-0.39, 0.29) is 6.04 Å². The SMILES string of the molecule is CCCCCSc1ccccc1C(N)CC. The van der Waals surface area contributed by atoms with Crippen molar-refractivity contribution >= 4 is 11.8 Å². The minimum absolute atomic E-state index is 0.190. The number of unbranched alkanes of at least 4 members (excludes halogenated alkanes) is 2. The Hall–Kier alpha value is -0.470. The van der Waals surface area contributed by atoms with Gasteiger partial charge in [0.25, 0.3) is 0 Å². The van der Waals surface area contributed by atoms with Crippen LogP contribution in [0.3, 0.4) is 0 Å². The van der Waals surface area contributed by atoms with Crippen molar-refractivity contribution in [3.05, 3.63) is 29.8 Å². The molecular weight excluding hydrogens is 214 g/mol. The van der Waals surface area contributed by atoms with Crippen LogP contribution in [0, 0.1) is 0 Å². The molecule has 1 nitrogen and oxygen atoms in total. The van der Waals surface area contributed by atoms with E-state index < -0.39 is 0 Å². The molecule has 16 heavy (non-hydrogen) atoms. The van der Waals surface area contributed by atoms with Crippen LogP contribution in [0.5, 0.6) is 0 Å². The van der Waals surface area contributed by atoms with Crippen LogP contribution in [0.2, 0.25) is 0 Å². The third kappa shape index (κ3) is 4.18. The van der Waals surface area contributed by atoms with Crippen molar-refractivity contribution in [1.29, 1.82) is 0 Å². The van der Waals surface area contributed by atoms with Gasteiger partial charge in [0, 0.05) is 10.9 Å². The van der Waals surface area contributed by atoms with Crippen molar-refractivity contribution < 1.29 is 0 Å². The summed E-state index contributed by atoms with van der Waals surface area (Å²) >= 11 is 1.95. The lowest BCUT2D eigenvalue weighted by Gasteiger charge is -2.14. The Morgan fingerprint density at radius 2 is 1.94 bits per heavy atom. The Morgan fingerprint density at radius 1 is 1.19 bits per heavy atom. The molecule has 1 aromatic rings. The Kier molecular flexibility index (Phi) is 6.58. The van der Waals surface area contributed by atoms with E-state index in [0.717, 1.165) is 6.42 Å². The normalized spacial score (nSPS) is 12.7. The molecule has 1 unspecified atom stereocenters. The third-order valence-electron chi connectivity index (χ3n) is 2.76. The van der Waals surface area contributed by atoms with Gasteiger partial charge in [-0.25, -0.2) is 0 Å². The number of hydrogen-bond acceptors (Lipinski definition) is 2. The lowest BCUT2D eigenvalue weighted by Crippen LogP contribution is -2.09. The average Bonchev–Trinajstić information content (AvgIpc) is 2.34. The van der Waals surface area contributed by atoms with Gasteiger partial charge in [-0.2, -0.15) is 0 Å². The van der Waals surface area contributed by atoms with Gasteiger partial charge in [-0.05, 0) is 30.2 Å². The first-order valence-electron chi connectivity index (χ1n) is 6.26. The smallest absolute Gasteiger partial charge is 0.0303 e. The summed E-state index contributed by atoms with van der Waals surface area (Å²) in [4.78, 5) is 1.37. The fraction of sp³-hybridized carbons (Fsp3) is 0.571. The highest BCUT2D eigenvalue weighted by Crippen LogP contribution is 2.28. The highest BCUT2D eigenvalue weighted by Gasteiger charge is 2.08. The molecule has 90 valence electrons. The quantitative estimate of drug-likeness (QED) is 0.562. The number of benzene rings is 1. The van der Waals surface area contributed by atoms with Crippen LogP contribution in [0.1, 0.15) is 51.1 Å². The molecule has 0 heterocycles. The maximum atomic E-state index is 6.11. The number of hydrogen-bond donors (Lipinski definition) is 1. The average molecular weight is 237 g/mol. The number of nitrogens with two attached hydrogens (primary N) is 1. The summed E-state index contributed by atoms with van der Waals surface area (Å²) in [5.41, 5.74) is 7.42. The van der Waals surface area contributed by atoms with E-state index >= 15 is 0 Å². The predicted molar refractivity (Wildman–Crippen MR) is 73.9 cm³/mol. The molecule has 0 radical (unpaired) electrons. The zero-order chi connectivity index (χ0) is 11.8. The first kappa shape index (κ1) is 13.6. The van der Waals surface area contributed by atoms with E-state index in [9.17, 15) is 0 Å². The van der Waals surface area contributed by atoms with Gasteiger partial charge in [0.2, 0.25) is 0 Å². The van der Waals surface area contributed by atoms with Crippen LogP contribution in [-0.4, -0.2) is 5.75 Å². The third-order valence-corrected chi connectivity index (χ3v) is 3.94. The van der Waals surface area contributed by atoms with Gasteiger partial charge in [-0.1, -0.05) is 44.9 Å². The molecule has 0 bridgehead atoms. The molecule has 1 atom stereocenters. The molecule has 2 heteroatoms. The summed E-state index contributed by atoms with van der Waals surface area (Å²) < 4.78 is 0. The molecule has 0 aromatic heterocycles. The van der Waals surface area contributed by atoms with Crippen LogP contribution in [0.15, 0.2) is 29.2 Å². The van der Waals surface area contributed by atoms with Gasteiger partial charge in [0.15, 0.2) is 0 Å². The molecule has 1 rings (SSSR count). The largest absolute Gasteiger partial charge is 0.324 e. The van der Waals surface area contributed by atoms with Gasteiger partial charge in [-0.15, -0.1) is 11.8 Å². The van der Waals surface area contributed by atoms with Crippen LogP contribution in [-0.2, 0) is 0 Å². The van der Waals surface area contributed by atoms with E-state index in [0.29, 0.717) is 0 Å². The van der Waals surface area contributed by atoms with Crippen molar-refractivity contribution in [2.24, 2.45) is 5.73 Å². The maximum absolute atomic E-state index is 6.11.